The van der Waals surface area contributed by atoms with E-state index < -0.39 is 0 Å². The summed E-state index contributed by atoms with van der Waals surface area (Å²) < 4.78 is 0. The lowest BCUT2D eigenvalue weighted by molar-refractivity contribution is -0.126. The number of carbonyl (C=O) groups is 1. The molecule has 0 heterocycles. The number of nitrogens with one attached hydrogen (secondary N) is 1. The molecule has 116 valence electrons. The zero-order chi connectivity index (χ0) is 15.2. The number of nitrogens with two attached hydrogens (primary N) is 1. The van der Waals surface area contributed by atoms with Crippen molar-refractivity contribution in [1.29, 1.82) is 0 Å². The van der Waals surface area contributed by atoms with Gasteiger partial charge in [0.2, 0.25) is 5.91 Å². The smallest absolute Gasteiger partial charge is 0.223 e. The molecule has 0 saturated heterocycles. The van der Waals surface area contributed by atoms with Gasteiger partial charge in [0, 0.05) is 19.0 Å². The van der Waals surface area contributed by atoms with Crippen LogP contribution in [0, 0.1) is 11.8 Å². The average molecular weight is 289 g/mol. The van der Waals surface area contributed by atoms with Crippen LogP contribution in [0.2, 0.25) is 0 Å². The summed E-state index contributed by atoms with van der Waals surface area (Å²) >= 11 is 0. The van der Waals surface area contributed by atoms with E-state index in [9.17, 15) is 4.79 Å². The fourth-order valence-corrected chi connectivity index (χ4v) is 3.20. The van der Waals surface area contributed by atoms with Gasteiger partial charge in [-0.3, -0.25) is 4.79 Å². The Morgan fingerprint density at radius 1 is 1.29 bits per heavy atom. The van der Waals surface area contributed by atoms with Crippen molar-refractivity contribution in [2.75, 3.05) is 20.6 Å². The fraction of sp³-hybridized carbons (Fsp3) is 0.588. The van der Waals surface area contributed by atoms with Crippen LogP contribution in [0.15, 0.2) is 24.3 Å². The minimum atomic E-state index is 0.107. The fourth-order valence-electron chi connectivity index (χ4n) is 3.20. The van der Waals surface area contributed by atoms with Gasteiger partial charge in [0.05, 0.1) is 0 Å². The van der Waals surface area contributed by atoms with Crippen molar-refractivity contribution in [3.8, 4) is 0 Å². The molecule has 1 saturated carbocycles. The molecular weight excluding hydrogens is 262 g/mol. The van der Waals surface area contributed by atoms with Crippen LogP contribution in [0.3, 0.4) is 0 Å². The zero-order valence-electron chi connectivity index (χ0n) is 13.1. The summed E-state index contributed by atoms with van der Waals surface area (Å²) in [5, 5.41) is 3.11. The summed E-state index contributed by atoms with van der Waals surface area (Å²) in [6.45, 7) is 2.12. The number of carbonyl (C=O) groups excluding carboxylic acids is 1. The van der Waals surface area contributed by atoms with E-state index >= 15 is 0 Å². The highest BCUT2D eigenvalue weighted by atomic mass is 16.1. The second kappa shape index (κ2) is 7.57. The number of benzene rings is 1. The molecule has 2 atom stereocenters. The molecule has 1 aromatic rings. The van der Waals surface area contributed by atoms with Gasteiger partial charge in [0.25, 0.3) is 0 Å². The maximum absolute atomic E-state index is 12.3. The first-order valence-corrected chi connectivity index (χ1v) is 7.81. The Morgan fingerprint density at radius 2 is 2.00 bits per heavy atom. The minimum Gasteiger partial charge on any atom is -0.352 e. The molecule has 0 aliphatic heterocycles. The highest BCUT2D eigenvalue weighted by Gasteiger charge is 2.31. The van der Waals surface area contributed by atoms with Crippen molar-refractivity contribution < 1.29 is 4.79 Å². The Bertz CT molecular complexity index is 473. The lowest BCUT2D eigenvalue weighted by Gasteiger charge is -2.19. The summed E-state index contributed by atoms with van der Waals surface area (Å²) in [7, 11) is 4.11. The Kier molecular flexibility index (Phi) is 5.76. The molecule has 4 heteroatoms. The highest BCUT2D eigenvalue weighted by molar-refractivity contribution is 5.79. The third-order valence-electron chi connectivity index (χ3n) is 4.36. The van der Waals surface area contributed by atoms with E-state index in [2.05, 4.69) is 36.4 Å². The monoisotopic (exact) mass is 289 g/mol. The molecule has 2 rings (SSSR count). The molecule has 4 nitrogen and oxygen atoms in total. The third kappa shape index (κ3) is 4.29. The van der Waals surface area contributed by atoms with Gasteiger partial charge in [-0.2, -0.15) is 0 Å². The molecule has 1 aliphatic rings. The van der Waals surface area contributed by atoms with Crippen LogP contribution in [0.5, 0.6) is 0 Å². The minimum absolute atomic E-state index is 0.107. The topological polar surface area (TPSA) is 58.4 Å². The largest absolute Gasteiger partial charge is 0.352 e. The second-order valence-electron chi connectivity index (χ2n) is 6.26. The summed E-state index contributed by atoms with van der Waals surface area (Å²) in [5.74, 6) is 0.639. The maximum atomic E-state index is 12.3. The van der Waals surface area contributed by atoms with Crippen molar-refractivity contribution in [2.45, 2.75) is 32.4 Å². The SMILES string of the molecule is CN(C)Cc1ccccc1CNC(=O)C1CCCC1CN. The predicted octanol–water partition coefficient (Wildman–Crippen LogP) is 1.74. The lowest BCUT2D eigenvalue weighted by atomic mass is 9.95. The molecule has 0 radical (unpaired) electrons. The summed E-state index contributed by atoms with van der Waals surface area (Å²) in [4.78, 5) is 14.5. The van der Waals surface area contributed by atoms with Gasteiger partial charge in [0.15, 0.2) is 0 Å². The molecule has 3 N–H and O–H groups in total. The Morgan fingerprint density at radius 3 is 2.67 bits per heavy atom. The molecule has 1 fully saturated rings. The van der Waals surface area contributed by atoms with Crippen LogP contribution in [0.25, 0.3) is 0 Å². The Hall–Kier alpha value is -1.39. The van der Waals surface area contributed by atoms with Crippen LogP contribution in [0.1, 0.15) is 30.4 Å². The van der Waals surface area contributed by atoms with Gasteiger partial charge in [-0.1, -0.05) is 30.7 Å². The van der Waals surface area contributed by atoms with Crippen LogP contribution in [-0.2, 0) is 17.9 Å². The molecule has 21 heavy (non-hydrogen) atoms. The number of hydrogen-bond donors (Lipinski definition) is 2. The van der Waals surface area contributed by atoms with E-state index in [1.165, 1.54) is 11.1 Å². The van der Waals surface area contributed by atoms with E-state index in [0.29, 0.717) is 19.0 Å². The summed E-state index contributed by atoms with van der Waals surface area (Å²) in [6.07, 6.45) is 3.19. The Labute approximate surface area is 127 Å². The molecular formula is C17H27N3O. The molecule has 0 bridgehead atoms. The molecule has 1 aliphatic carbocycles. The number of hydrogen-bond acceptors (Lipinski definition) is 3. The summed E-state index contributed by atoms with van der Waals surface area (Å²) in [6, 6.07) is 8.29. The Balaban J connectivity index is 1.95. The first-order chi connectivity index (χ1) is 10.1. The molecule has 2 unspecified atom stereocenters. The predicted molar refractivity (Wildman–Crippen MR) is 85.6 cm³/mol. The van der Waals surface area contributed by atoms with Crippen molar-refractivity contribution in [1.82, 2.24) is 10.2 Å². The number of nitrogens with zero attached hydrogens (tertiary/aromatic N) is 1. The van der Waals surface area contributed by atoms with Crippen LogP contribution < -0.4 is 11.1 Å². The van der Waals surface area contributed by atoms with Crippen molar-refractivity contribution in [2.24, 2.45) is 17.6 Å². The van der Waals surface area contributed by atoms with Crippen molar-refractivity contribution >= 4 is 5.91 Å². The lowest BCUT2D eigenvalue weighted by Crippen LogP contribution is -2.35. The number of amides is 1. The van der Waals surface area contributed by atoms with E-state index in [-0.39, 0.29) is 11.8 Å². The van der Waals surface area contributed by atoms with Crippen LogP contribution >= 0.6 is 0 Å². The van der Waals surface area contributed by atoms with Crippen LogP contribution in [0.4, 0.5) is 0 Å². The molecule has 0 spiro atoms. The first-order valence-electron chi connectivity index (χ1n) is 7.81. The molecule has 1 amide bonds. The van der Waals surface area contributed by atoms with Crippen molar-refractivity contribution in [3.63, 3.8) is 0 Å². The van der Waals surface area contributed by atoms with Gasteiger partial charge in [-0.05, 0) is 50.5 Å². The quantitative estimate of drug-likeness (QED) is 0.838. The standard InChI is InChI=1S/C17H27N3O/c1-20(2)12-15-7-4-3-6-14(15)11-19-17(21)16-9-5-8-13(16)10-18/h3-4,6-7,13,16H,5,8-12,18H2,1-2H3,(H,19,21). The normalized spacial score (nSPS) is 21.7. The third-order valence-corrected chi connectivity index (χ3v) is 4.36. The van der Waals surface area contributed by atoms with Gasteiger partial charge < -0.3 is 16.0 Å². The van der Waals surface area contributed by atoms with Crippen LogP contribution in [-0.4, -0.2) is 31.4 Å². The van der Waals surface area contributed by atoms with Gasteiger partial charge in [-0.25, -0.2) is 0 Å². The maximum Gasteiger partial charge on any atom is 0.223 e. The highest BCUT2D eigenvalue weighted by Crippen LogP contribution is 2.31. The summed E-state index contributed by atoms with van der Waals surface area (Å²) in [5.41, 5.74) is 8.23. The van der Waals surface area contributed by atoms with Gasteiger partial charge in [0.1, 0.15) is 0 Å². The van der Waals surface area contributed by atoms with E-state index in [1.54, 1.807) is 0 Å². The van der Waals surface area contributed by atoms with Gasteiger partial charge in [-0.15, -0.1) is 0 Å². The molecule has 1 aromatic carbocycles. The van der Waals surface area contributed by atoms with Crippen molar-refractivity contribution in [3.05, 3.63) is 35.4 Å². The van der Waals surface area contributed by atoms with E-state index in [4.69, 9.17) is 5.73 Å². The molecule has 0 aromatic heterocycles. The average Bonchev–Trinajstić information content (AvgIpc) is 2.94. The first kappa shape index (κ1) is 16.0. The van der Waals surface area contributed by atoms with E-state index in [0.717, 1.165) is 25.8 Å². The number of rotatable bonds is 6. The van der Waals surface area contributed by atoms with Gasteiger partial charge >= 0.3 is 0 Å². The second-order valence-corrected chi connectivity index (χ2v) is 6.26. The zero-order valence-corrected chi connectivity index (χ0v) is 13.1. The van der Waals surface area contributed by atoms with E-state index in [1.807, 2.05) is 12.1 Å².